The Morgan fingerprint density at radius 2 is 1.64 bits per heavy atom. The second-order valence-corrected chi connectivity index (χ2v) is 10.9. The number of aromatic nitrogens is 3. The Labute approximate surface area is 157 Å². The topological polar surface area (TPSA) is 50.9 Å². The van der Waals surface area contributed by atoms with Gasteiger partial charge in [0, 0.05) is 11.8 Å². The number of aliphatic hydroxyl groups excluding tert-OH is 1. The van der Waals surface area contributed by atoms with Gasteiger partial charge in [0.05, 0.1) is 23.5 Å². The monoisotopic (exact) mass is 367 g/mol. The van der Waals surface area contributed by atoms with Crippen molar-refractivity contribution < 1.29 is 5.11 Å². The van der Waals surface area contributed by atoms with Crippen LogP contribution in [0.3, 0.4) is 0 Å². The number of halogens is 1. The fraction of sp³-hybridized carbons (Fsp3) is 0.900. The van der Waals surface area contributed by atoms with Gasteiger partial charge in [0.15, 0.2) is 0 Å². The van der Waals surface area contributed by atoms with Crippen molar-refractivity contribution in [3.05, 3.63) is 11.4 Å². The van der Waals surface area contributed by atoms with Crippen LogP contribution in [-0.2, 0) is 12.8 Å². The lowest BCUT2D eigenvalue weighted by Gasteiger charge is -2.48. The van der Waals surface area contributed by atoms with Gasteiger partial charge in [0.2, 0.25) is 0 Å². The lowest BCUT2D eigenvalue weighted by molar-refractivity contribution is -0.0689. The summed E-state index contributed by atoms with van der Waals surface area (Å²) in [5.74, 6) is 0.799. The van der Waals surface area contributed by atoms with Gasteiger partial charge in [-0.3, -0.25) is 0 Å². The van der Waals surface area contributed by atoms with E-state index in [1.165, 1.54) is 0 Å². The molecule has 5 heteroatoms. The van der Waals surface area contributed by atoms with Gasteiger partial charge in [-0.2, -0.15) is 15.0 Å². The lowest BCUT2D eigenvalue weighted by atomic mass is 9.61. The average Bonchev–Trinajstić information content (AvgIpc) is 2.87. The fourth-order valence-corrected chi connectivity index (χ4v) is 4.79. The van der Waals surface area contributed by atoms with Crippen molar-refractivity contribution in [3.8, 4) is 0 Å². The quantitative estimate of drug-likeness (QED) is 0.748. The molecule has 25 heavy (non-hydrogen) atoms. The van der Waals surface area contributed by atoms with E-state index in [0.717, 1.165) is 43.5 Å². The van der Waals surface area contributed by atoms with Crippen LogP contribution in [0.25, 0.3) is 0 Å². The minimum absolute atomic E-state index is 0.0402. The van der Waals surface area contributed by atoms with Gasteiger partial charge in [-0.05, 0) is 48.3 Å². The maximum Gasteiger partial charge on any atom is 0.0980 e. The highest BCUT2D eigenvalue weighted by molar-refractivity contribution is 6.20. The van der Waals surface area contributed by atoms with Crippen molar-refractivity contribution in [2.24, 2.45) is 22.7 Å². The number of rotatable bonds is 1. The largest absolute Gasteiger partial charge is 0.391 e. The summed E-state index contributed by atoms with van der Waals surface area (Å²) in [6.45, 7) is 13.7. The van der Waals surface area contributed by atoms with Crippen LogP contribution < -0.4 is 0 Å². The summed E-state index contributed by atoms with van der Waals surface area (Å²) in [6, 6.07) is -0.0402. The van der Waals surface area contributed by atoms with Crippen molar-refractivity contribution in [2.45, 2.75) is 91.2 Å². The van der Waals surface area contributed by atoms with Gasteiger partial charge in [0.25, 0.3) is 0 Å². The fourth-order valence-electron chi connectivity index (χ4n) is 4.54. The second kappa shape index (κ2) is 6.53. The third kappa shape index (κ3) is 3.90. The van der Waals surface area contributed by atoms with Crippen LogP contribution in [0.15, 0.2) is 0 Å². The Balaban J connectivity index is 1.93. The summed E-state index contributed by atoms with van der Waals surface area (Å²) in [5.41, 5.74) is 2.39. The number of nitrogens with zero attached hydrogens (tertiary/aromatic N) is 3. The highest BCUT2D eigenvalue weighted by Gasteiger charge is 2.46. The summed E-state index contributed by atoms with van der Waals surface area (Å²) in [7, 11) is 0. The van der Waals surface area contributed by atoms with E-state index in [1.54, 1.807) is 0 Å². The molecule has 5 atom stereocenters. The number of hydrogen-bond acceptors (Lipinski definition) is 3. The molecule has 4 nitrogen and oxygen atoms in total. The molecule has 0 aliphatic heterocycles. The SMILES string of the molecule is CC(C)(C)C1CC(n2nc3c(n2)CC(Cl)CC3)C(O)C(C(C)(C)C)C1. The van der Waals surface area contributed by atoms with Crippen LogP contribution in [0, 0.1) is 22.7 Å². The maximum atomic E-state index is 11.2. The molecule has 2 aliphatic rings. The Kier molecular flexibility index (Phi) is 5.00. The van der Waals surface area contributed by atoms with Crippen LogP contribution in [0.5, 0.6) is 0 Å². The van der Waals surface area contributed by atoms with Crippen LogP contribution in [0.4, 0.5) is 0 Å². The van der Waals surface area contributed by atoms with Gasteiger partial charge >= 0.3 is 0 Å². The molecular formula is C20H34ClN3O. The number of aryl methyl sites for hydroxylation is 1. The van der Waals surface area contributed by atoms with Gasteiger partial charge in [-0.1, -0.05) is 41.5 Å². The molecule has 0 amide bonds. The van der Waals surface area contributed by atoms with E-state index in [1.807, 2.05) is 4.80 Å². The lowest BCUT2D eigenvalue weighted by Crippen LogP contribution is -2.47. The predicted molar refractivity (Wildman–Crippen MR) is 102 cm³/mol. The highest BCUT2D eigenvalue weighted by Crippen LogP contribution is 2.49. The molecule has 1 fully saturated rings. The van der Waals surface area contributed by atoms with Crippen molar-refractivity contribution in [3.63, 3.8) is 0 Å². The predicted octanol–water partition coefficient (Wildman–Crippen LogP) is 4.39. The summed E-state index contributed by atoms with van der Waals surface area (Å²) in [4.78, 5) is 1.83. The summed E-state index contributed by atoms with van der Waals surface area (Å²) in [5, 5.41) is 20.9. The minimum atomic E-state index is -0.403. The maximum absolute atomic E-state index is 11.2. The van der Waals surface area contributed by atoms with Crippen molar-refractivity contribution in [1.29, 1.82) is 0 Å². The van der Waals surface area contributed by atoms with Crippen LogP contribution in [-0.4, -0.2) is 31.6 Å². The molecule has 5 unspecified atom stereocenters. The Morgan fingerprint density at radius 3 is 2.24 bits per heavy atom. The Morgan fingerprint density at radius 1 is 1.00 bits per heavy atom. The smallest absolute Gasteiger partial charge is 0.0980 e. The van der Waals surface area contributed by atoms with Gasteiger partial charge in [0.1, 0.15) is 0 Å². The molecule has 3 rings (SSSR count). The van der Waals surface area contributed by atoms with E-state index < -0.39 is 6.10 Å². The normalized spacial score (nSPS) is 34.0. The van der Waals surface area contributed by atoms with Crippen LogP contribution in [0.2, 0.25) is 0 Å². The molecule has 0 spiro atoms. The van der Waals surface area contributed by atoms with Gasteiger partial charge in [-0.15, -0.1) is 11.6 Å². The Hall–Kier alpha value is -0.610. The van der Waals surface area contributed by atoms with Crippen molar-refractivity contribution in [1.82, 2.24) is 15.0 Å². The standard InChI is InChI=1S/C20H34ClN3O/c1-19(2,3)12-9-14(20(4,5)6)18(25)17(10-12)24-22-15-8-7-13(21)11-16(15)23-24/h12-14,17-18,25H,7-11H2,1-6H3. The average molecular weight is 368 g/mol. The number of aliphatic hydroxyl groups is 1. The van der Waals surface area contributed by atoms with E-state index in [0.29, 0.717) is 5.92 Å². The van der Waals surface area contributed by atoms with E-state index in [2.05, 4.69) is 41.5 Å². The molecular weight excluding hydrogens is 334 g/mol. The zero-order valence-electron chi connectivity index (χ0n) is 16.6. The summed E-state index contributed by atoms with van der Waals surface area (Å²) >= 11 is 6.31. The first-order valence-corrected chi connectivity index (χ1v) is 10.2. The molecule has 0 radical (unpaired) electrons. The molecule has 0 aromatic carbocycles. The first kappa shape index (κ1) is 19.2. The molecule has 1 aromatic rings. The molecule has 0 bridgehead atoms. The highest BCUT2D eigenvalue weighted by atomic mass is 35.5. The van der Waals surface area contributed by atoms with Crippen molar-refractivity contribution in [2.75, 3.05) is 0 Å². The number of alkyl halides is 1. The molecule has 0 saturated heterocycles. The van der Waals surface area contributed by atoms with E-state index >= 15 is 0 Å². The van der Waals surface area contributed by atoms with Crippen LogP contribution in [0.1, 0.15) is 78.2 Å². The van der Waals surface area contributed by atoms with Gasteiger partial charge < -0.3 is 5.11 Å². The third-order valence-electron chi connectivity index (χ3n) is 6.39. The first-order chi connectivity index (χ1) is 11.5. The Bertz CT molecular complexity index is 613. The molecule has 1 aromatic heterocycles. The van der Waals surface area contributed by atoms with Gasteiger partial charge in [-0.25, -0.2) is 0 Å². The van der Waals surface area contributed by atoms with Crippen molar-refractivity contribution >= 4 is 11.6 Å². The van der Waals surface area contributed by atoms with E-state index in [4.69, 9.17) is 21.8 Å². The molecule has 142 valence electrons. The minimum Gasteiger partial charge on any atom is -0.391 e. The van der Waals surface area contributed by atoms with E-state index in [9.17, 15) is 5.11 Å². The third-order valence-corrected chi connectivity index (χ3v) is 6.77. The molecule has 1 saturated carbocycles. The molecule has 2 aliphatic carbocycles. The molecule has 1 heterocycles. The number of fused-ring (bicyclic) bond motifs is 1. The summed E-state index contributed by atoms with van der Waals surface area (Å²) in [6.07, 6.45) is 4.27. The zero-order chi connectivity index (χ0) is 18.6. The second-order valence-electron chi connectivity index (χ2n) is 10.3. The number of hydrogen-bond donors (Lipinski definition) is 1. The first-order valence-electron chi connectivity index (χ1n) is 9.73. The molecule has 1 N–H and O–H groups in total. The zero-order valence-corrected chi connectivity index (χ0v) is 17.3. The van der Waals surface area contributed by atoms with Crippen LogP contribution >= 0.6 is 11.6 Å². The summed E-state index contributed by atoms with van der Waals surface area (Å²) < 4.78 is 0. The van der Waals surface area contributed by atoms with E-state index in [-0.39, 0.29) is 28.2 Å².